The standard InChI is InChI=1S/C27H22ClF3N4O2/c1-15-12-34(14-33-15)23-4-3-16(6-25(23)37-2)5-18-7-19(28)13-35-24(10-20(36)11-32-27(18)35)17-8-21(29)26(31)22(30)9-17/h3-4,6-9,12-14,24H,5,10-11H2,1-2H3. The van der Waals surface area contributed by atoms with Crippen LogP contribution in [0.5, 0.6) is 5.75 Å². The number of imidazole rings is 1. The van der Waals surface area contributed by atoms with Crippen molar-refractivity contribution in [2.24, 2.45) is 4.99 Å². The van der Waals surface area contributed by atoms with Gasteiger partial charge in [-0.05, 0) is 48.4 Å². The number of hydrogen-bond donors (Lipinski definition) is 0. The lowest BCUT2D eigenvalue weighted by Gasteiger charge is -2.33. The number of halogens is 4. The largest absolute Gasteiger partial charge is 0.495 e. The highest BCUT2D eigenvalue weighted by Gasteiger charge is 2.33. The van der Waals surface area contributed by atoms with Crippen molar-refractivity contribution in [3.8, 4) is 11.4 Å². The van der Waals surface area contributed by atoms with Gasteiger partial charge in [0, 0.05) is 30.8 Å². The molecule has 1 aromatic heterocycles. The van der Waals surface area contributed by atoms with E-state index in [-0.39, 0.29) is 24.3 Å². The first-order valence-corrected chi connectivity index (χ1v) is 11.9. The van der Waals surface area contributed by atoms with Gasteiger partial charge in [0.25, 0.3) is 0 Å². The molecule has 0 saturated heterocycles. The Kier molecular flexibility index (Phi) is 6.64. The molecule has 2 aliphatic rings. The van der Waals surface area contributed by atoms with E-state index in [1.54, 1.807) is 30.6 Å². The molecule has 10 heteroatoms. The molecule has 190 valence electrons. The molecule has 6 nitrogen and oxygen atoms in total. The summed E-state index contributed by atoms with van der Waals surface area (Å²) >= 11 is 6.45. The van der Waals surface area contributed by atoms with Crippen LogP contribution in [-0.4, -0.2) is 39.7 Å². The fraction of sp³-hybridized carbons (Fsp3) is 0.222. The third kappa shape index (κ3) is 4.91. The van der Waals surface area contributed by atoms with Crippen molar-refractivity contribution in [3.05, 3.63) is 100 Å². The highest BCUT2D eigenvalue weighted by atomic mass is 35.5. The second-order valence-electron chi connectivity index (χ2n) is 8.89. The third-order valence-corrected chi connectivity index (χ3v) is 6.49. The Morgan fingerprint density at radius 2 is 1.92 bits per heavy atom. The first-order chi connectivity index (χ1) is 17.7. The summed E-state index contributed by atoms with van der Waals surface area (Å²) in [5.41, 5.74) is 3.41. The number of aryl methyl sites for hydroxylation is 1. The van der Waals surface area contributed by atoms with Gasteiger partial charge in [-0.2, -0.15) is 0 Å². The quantitative estimate of drug-likeness (QED) is 0.407. The lowest BCUT2D eigenvalue weighted by atomic mass is 9.96. The van der Waals surface area contributed by atoms with Gasteiger partial charge >= 0.3 is 0 Å². The third-order valence-electron chi connectivity index (χ3n) is 6.29. The van der Waals surface area contributed by atoms with E-state index in [0.717, 1.165) is 29.1 Å². The minimum Gasteiger partial charge on any atom is -0.495 e. The summed E-state index contributed by atoms with van der Waals surface area (Å²) in [5, 5.41) is 0.355. The number of allylic oxidation sites excluding steroid dienone is 2. The van der Waals surface area contributed by atoms with E-state index in [0.29, 0.717) is 28.6 Å². The van der Waals surface area contributed by atoms with Gasteiger partial charge < -0.3 is 14.2 Å². The Hall–Kier alpha value is -3.85. The van der Waals surface area contributed by atoms with Gasteiger partial charge in [0.05, 0.1) is 42.4 Å². The van der Waals surface area contributed by atoms with Crippen LogP contribution in [0.1, 0.15) is 29.3 Å². The van der Waals surface area contributed by atoms with E-state index >= 15 is 0 Å². The molecule has 0 N–H and O–H groups in total. The molecule has 0 radical (unpaired) electrons. The summed E-state index contributed by atoms with van der Waals surface area (Å²) in [5.74, 6) is -3.34. The fourth-order valence-electron chi connectivity index (χ4n) is 4.58. The van der Waals surface area contributed by atoms with Gasteiger partial charge in [0.15, 0.2) is 23.2 Å². The number of hydrogen-bond acceptors (Lipinski definition) is 5. The Morgan fingerprint density at radius 1 is 1.16 bits per heavy atom. The molecule has 0 aliphatic carbocycles. The van der Waals surface area contributed by atoms with E-state index < -0.39 is 23.5 Å². The van der Waals surface area contributed by atoms with Gasteiger partial charge in [-0.3, -0.25) is 9.79 Å². The van der Waals surface area contributed by atoms with E-state index in [2.05, 4.69) is 9.98 Å². The summed E-state index contributed by atoms with van der Waals surface area (Å²) in [4.78, 5) is 23.0. The zero-order valence-electron chi connectivity index (χ0n) is 20.0. The molecule has 0 bridgehead atoms. The number of fused-ring (bicyclic) bond motifs is 1. The van der Waals surface area contributed by atoms with Gasteiger partial charge in [-0.1, -0.05) is 17.7 Å². The van der Waals surface area contributed by atoms with E-state index in [1.165, 1.54) is 0 Å². The minimum absolute atomic E-state index is 0.0711. The molecule has 0 amide bonds. The first kappa shape index (κ1) is 24.8. The van der Waals surface area contributed by atoms with E-state index in [4.69, 9.17) is 16.3 Å². The second kappa shape index (κ2) is 9.89. The van der Waals surface area contributed by atoms with Crippen molar-refractivity contribution in [2.45, 2.75) is 25.8 Å². The van der Waals surface area contributed by atoms with Crippen molar-refractivity contribution in [1.82, 2.24) is 14.5 Å². The number of rotatable bonds is 5. The van der Waals surface area contributed by atoms with Crippen LogP contribution in [0.2, 0.25) is 0 Å². The number of methoxy groups -OCH3 is 1. The molecule has 0 spiro atoms. The van der Waals surface area contributed by atoms with Crippen molar-refractivity contribution in [3.63, 3.8) is 0 Å². The number of Topliss-reactive ketones (excluding diaryl/α,β-unsaturated/α-hetero) is 1. The second-order valence-corrected chi connectivity index (χ2v) is 9.33. The van der Waals surface area contributed by atoms with Crippen molar-refractivity contribution in [2.75, 3.05) is 13.7 Å². The molecular formula is C27H22ClF3N4O2. The molecule has 3 heterocycles. The van der Waals surface area contributed by atoms with Crippen LogP contribution >= 0.6 is 11.6 Å². The molecule has 1 atom stereocenters. The van der Waals surface area contributed by atoms with Crippen LogP contribution in [0.3, 0.4) is 0 Å². The number of benzene rings is 2. The molecule has 3 aromatic rings. The Balaban J connectivity index is 1.50. The first-order valence-electron chi connectivity index (χ1n) is 11.5. The topological polar surface area (TPSA) is 59.7 Å². The van der Waals surface area contributed by atoms with Crippen LogP contribution in [0.15, 0.2) is 70.7 Å². The number of amidine groups is 1. The van der Waals surface area contributed by atoms with Crippen molar-refractivity contribution >= 4 is 23.2 Å². The monoisotopic (exact) mass is 526 g/mol. The molecule has 37 heavy (non-hydrogen) atoms. The maximum atomic E-state index is 14.1. The smallest absolute Gasteiger partial charge is 0.194 e. The van der Waals surface area contributed by atoms with Gasteiger partial charge in [-0.25, -0.2) is 18.2 Å². The lowest BCUT2D eigenvalue weighted by Crippen LogP contribution is -2.34. The minimum atomic E-state index is -1.56. The molecule has 0 saturated carbocycles. The average Bonchev–Trinajstić information content (AvgIpc) is 3.22. The van der Waals surface area contributed by atoms with Crippen molar-refractivity contribution in [1.29, 1.82) is 0 Å². The van der Waals surface area contributed by atoms with Crippen molar-refractivity contribution < 1.29 is 22.7 Å². The average molecular weight is 527 g/mol. The van der Waals surface area contributed by atoms with Gasteiger partial charge in [0.2, 0.25) is 0 Å². The van der Waals surface area contributed by atoms with E-state index in [1.807, 2.05) is 35.9 Å². The number of carbonyl (C=O) groups excluding carboxylic acids is 1. The fourth-order valence-corrected chi connectivity index (χ4v) is 4.82. The highest BCUT2D eigenvalue weighted by Crippen LogP contribution is 2.36. The van der Waals surface area contributed by atoms with Crippen LogP contribution in [0, 0.1) is 24.4 Å². The number of aliphatic imine (C=N–C) groups is 1. The summed E-state index contributed by atoms with van der Waals surface area (Å²) in [6, 6.07) is 6.75. The Bertz CT molecular complexity index is 1470. The number of carbonyl (C=O) groups is 1. The number of nitrogens with zero attached hydrogens (tertiary/aromatic N) is 4. The molecule has 1 unspecified atom stereocenters. The Morgan fingerprint density at radius 3 is 2.59 bits per heavy atom. The Labute approximate surface area is 216 Å². The lowest BCUT2D eigenvalue weighted by molar-refractivity contribution is -0.118. The van der Waals surface area contributed by atoms with Crippen LogP contribution < -0.4 is 4.74 Å². The molecule has 5 rings (SSSR count). The zero-order chi connectivity index (χ0) is 26.3. The molecule has 0 fully saturated rings. The van der Waals surface area contributed by atoms with Crippen LogP contribution in [0.25, 0.3) is 5.69 Å². The predicted octanol–water partition coefficient (Wildman–Crippen LogP) is 5.58. The molecule has 2 aliphatic heterocycles. The number of aromatic nitrogens is 2. The highest BCUT2D eigenvalue weighted by molar-refractivity contribution is 6.32. The normalized spacial score (nSPS) is 17.6. The number of ether oxygens (including phenoxy) is 1. The summed E-state index contributed by atoms with van der Waals surface area (Å²) in [7, 11) is 1.58. The van der Waals surface area contributed by atoms with Crippen LogP contribution in [-0.2, 0) is 11.2 Å². The summed E-state index contributed by atoms with van der Waals surface area (Å²) < 4.78 is 49.2. The maximum absolute atomic E-state index is 14.1. The van der Waals surface area contributed by atoms with Crippen LogP contribution in [0.4, 0.5) is 13.2 Å². The summed E-state index contributed by atoms with van der Waals surface area (Å²) in [6.45, 7) is 1.80. The zero-order valence-corrected chi connectivity index (χ0v) is 20.8. The predicted molar refractivity (Wildman–Crippen MR) is 133 cm³/mol. The summed E-state index contributed by atoms with van der Waals surface area (Å²) in [6.07, 6.45) is 7.23. The SMILES string of the molecule is COc1cc(CC2=CC(Cl)=CN3C2=NCC(=O)CC3c2cc(F)c(F)c(F)c2)ccc1-n1cnc(C)c1. The van der Waals surface area contributed by atoms with Gasteiger partial charge in [-0.15, -0.1) is 0 Å². The van der Waals surface area contributed by atoms with E-state index in [9.17, 15) is 18.0 Å². The molecule has 2 aromatic carbocycles. The maximum Gasteiger partial charge on any atom is 0.194 e. The molecular weight excluding hydrogens is 505 g/mol. The number of ketones is 1. The van der Waals surface area contributed by atoms with Gasteiger partial charge in [0.1, 0.15) is 11.6 Å².